The average Bonchev–Trinajstić information content (AvgIpc) is 2.36. The van der Waals surface area contributed by atoms with Crippen LogP contribution in [0, 0.1) is 10.1 Å². The van der Waals surface area contributed by atoms with Crippen LogP contribution in [0.4, 0.5) is 5.69 Å². The van der Waals surface area contributed by atoms with Crippen molar-refractivity contribution >= 4 is 5.69 Å². The van der Waals surface area contributed by atoms with Crippen molar-refractivity contribution in [3.63, 3.8) is 0 Å². The van der Waals surface area contributed by atoms with Crippen molar-refractivity contribution in [2.45, 2.75) is 13.0 Å². The van der Waals surface area contributed by atoms with E-state index in [1.54, 1.807) is 12.1 Å². The molecule has 0 fully saturated rings. The summed E-state index contributed by atoms with van der Waals surface area (Å²) < 4.78 is 4.96. The van der Waals surface area contributed by atoms with E-state index in [1.807, 2.05) is 13.1 Å². The van der Waals surface area contributed by atoms with Gasteiger partial charge in [-0.25, -0.2) is 0 Å². The Morgan fingerprint density at radius 1 is 1.50 bits per heavy atom. The first-order valence-electron chi connectivity index (χ1n) is 5.78. The molecule has 1 rings (SSSR count). The fourth-order valence-electron chi connectivity index (χ4n) is 1.73. The Morgan fingerprint density at radius 3 is 2.78 bits per heavy atom. The van der Waals surface area contributed by atoms with E-state index in [1.165, 1.54) is 7.11 Å². The molecule has 0 atom stereocenters. The summed E-state index contributed by atoms with van der Waals surface area (Å²) in [7, 11) is 3.39. The molecule has 6 nitrogen and oxygen atoms in total. The van der Waals surface area contributed by atoms with Gasteiger partial charge in [0.1, 0.15) is 0 Å². The second kappa shape index (κ2) is 6.93. The van der Waals surface area contributed by atoms with Crippen molar-refractivity contribution < 1.29 is 9.66 Å². The Labute approximate surface area is 106 Å². The molecule has 0 aliphatic heterocycles. The molecule has 0 spiro atoms. The highest BCUT2D eigenvalue weighted by Crippen LogP contribution is 2.27. The van der Waals surface area contributed by atoms with Gasteiger partial charge in [-0.2, -0.15) is 0 Å². The van der Waals surface area contributed by atoms with Crippen LogP contribution < -0.4 is 10.5 Å². The Kier molecular flexibility index (Phi) is 5.54. The van der Waals surface area contributed by atoms with Crippen molar-refractivity contribution in [1.82, 2.24) is 4.90 Å². The van der Waals surface area contributed by atoms with Crippen LogP contribution in [0.3, 0.4) is 0 Å². The van der Waals surface area contributed by atoms with Crippen LogP contribution in [0.5, 0.6) is 5.75 Å². The Morgan fingerprint density at radius 2 is 2.22 bits per heavy atom. The molecule has 100 valence electrons. The Bertz CT molecular complexity index is 410. The van der Waals surface area contributed by atoms with Crippen LogP contribution in [0.25, 0.3) is 0 Å². The summed E-state index contributed by atoms with van der Waals surface area (Å²) in [5.74, 6) is 0.286. The second-order valence-corrected chi connectivity index (χ2v) is 4.14. The number of hydrogen-bond acceptors (Lipinski definition) is 5. The molecular weight excluding hydrogens is 234 g/mol. The summed E-state index contributed by atoms with van der Waals surface area (Å²) in [6.07, 6.45) is 0.911. The summed E-state index contributed by atoms with van der Waals surface area (Å²) >= 11 is 0. The monoisotopic (exact) mass is 253 g/mol. The summed E-state index contributed by atoms with van der Waals surface area (Å²) in [5, 5.41) is 10.9. The lowest BCUT2D eigenvalue weighted by Gasteiger charge is -2.16. The van der Waals surface area contributed by atoms with E-state index >= 15 is 0 Å². The molecule has 0 unspecified atom stereocenters. The van der Waals surface area contributed by atoms with Crippen molar-refractivity contribution in [3.05, 3.63) is 33.9 Å². The van der Waals surface area contributed by atoms with Crippen LogP contribution in [0.2, 0.25) is 0 Å². The summed E-state index contributed by atoms with van der Waals surface area (Å²) in [4.78, 5) is 12.5. The smallest absolute Gasteiger partial charge is 0.311 e. The molecule has 0 saturated heterocycles. The second-order valence-electron chi connectivity index (χ2n) is 4.14. The molecule has 0 amide bonds. The fraction of sp³-hybridized carbons (Fsp3) is 0.500. The number of methoxy groups -OCH3 is 1. The van der Waals surface area contributed by atoms with Crippen LogP contribution in [-0.2, 0) is 6.54 Å². The van der Waals surface area contributed by atoms with E-state index in [2.05, 4.69) is 4.90 Å². The van der Waals surface area contributed by atoms with Gasteiger partial charge in [-0.15, -0.1) is 0 Å². The highest BCUT2D eigenvalue weighted by Gasteiger charge is 2.15. The Balaban J connectivity index is 2.78. The lowest BCUT2D eigenvalue weighted by atomic mass is 10.1. The maximum Gasteiger partial charge on any atom is 0.311 e. The SMILES string of the molecule is COc1ccc(CN(C)CCCN)cc1[N+](=O)[O-]. The minimum Gasteiger partial charge on any atom is -0.490 e. The molecule has 0 bridgehead atoms. The lowest BCUT2D eigenvalue weighted by molar-refractivity contribution is -0.385. The predicted molar refractivity (Wildman–Crippen MR) is 69.7 cm³/mol. The third-order valence-corrected chi connectivity index (χ3v) is 2.64. The zero-order chi connectivity index (χ0) is 13.5. The van der Waals surface area contributed by atoms with Gasteiger partial charge in [-0.3, -0.25) is 10.1 Å². The van der Waals surface area contributed by atoms with Gasteiger partial charge < -0.3 is 15.4 Å². The van der Waals surface area contributed by atoms with Gasteiger partial charge in [0.15, 0.2) is 5.75 Å². The van der Waals surface area contributed by atoms with E-state index in [0.29, 0.717) is 13.1 Å². The van der Waals surface area contributed by atoms with Crippen molar-refractivity contribution in [2.75, 3.05) is 27.2 Å². The number of nitro benzene ring substituents is 1. The summed E-state index contributed by atoms with van der Waals surface area (Å²) in [6.45, 7) is 2.17. The van der Waals surface area contributed by atoms with Gasteiger partial charge in [0.05, 0.1) is 12.0 Å². The van der Waals surface area contributed by atoms with Gasteiger partial charge >= 0.3 is 5.69 Å². The molecule has 1 aromatic carbocycles. The topological polar surface area (TPSA) is 81.6 Å². The molecule has 18 heavy (non-hydrogen) atoms. The maximum absolute atomic E-state index is 10.9. The van der Waals surface area contributed by atoms with Crippen LogP contribution in [-0.4, -0.2) is 37.1 Å². The van der Waals surface area contributed by atoms with Gasteiger partial charge in [-0.1, -0.05) is 6.07 Å². The minimum atomic E-state index is -0.428. The molecule has 0 aliphatic carbocycles. The van der Waals surface area contributed by atoms with E-state index in [4.69, 9.17) is 10.5 Å². The molecule has 0 radical (unpaired) electrons. The number of ether oxygens (including phenoxy) is 1. The number of nitro groups is 1. The maximum atomic E-state index is 10.9. The van der Waals surface area contributed by atoms with Crippen molar-refractivity contribution in [1.29, 1.82) is 0 Å². The highest BCUT2D eigenvalue weighted by atomic mass is 16.6. The first kappa shape index (κ1) is 14.4. The van der Waals surface area contributed by atoms with E-state index in [0.717, 1.165) is 18.5 Å². The molecule has 2 N–H and O–H groups in total. The normalized spacial score (nSPS) is 10.7. The molecule has 0 heterocycles. The number of benzene rings is 1. The third kappa shape index (κ3) is 3.97. The van der Waals surface area contributed by atoms with E-state index < -0.39 is 4.92 Å². The third-order valence-electron chi connectivity index (χ3n) is 2.64. The first-order valence-corrected chi connectivity index (χ1v) is 5.78. The predicted octanol–water partition coefficient (Wildman–Crippen LogP) is 1.38. The summed E-state index contributed by atoms with van der Waals surface area (Å²) in [6, 6.07) is 5.02. The molecule has 0 saturated carbocycles. The molecule has 1 aromatic rings. The molecule has 0 aromatic heterocycles. The van der Waals surface area contributed by atoms with E-state index in [9.17, 15) is 10.1 Å². The first-order chi connectivity index (χ1) is 8.58. The highest BCUT2D eigenvalue weighted by molar-refractivity contribution is 5.48. The lowest BCUT2D eigenvalue weighted by Crippen LogP contribution is -2.21. The van der Waals surface area contributed by atoms with Crippen LogP contribution in [0.1, 0.15) is 12.0 Å². The fourth-order valence-corrected chi connectivity index (χ4v) is 1.73. The number of rotatable bonds is 7. The zero-order valence-corrected chi connectivity index (χ0v) is 10.8. The van der Waals surface area contributed by atoms with Gasteiger partial charge in [0.2, 0.25) is 0 Å². The average molecular weight is 253 g/mol. The van der Waals surface area contributed by atoms with Gasteiger partial charge in [0.25, 0.3) is 0 Å². The van der Waals surface area contributed by atoms with Gasteiger partial charge in [0, 0.05) is 12.6 Å². The number of hydrogen-bond donors (Lipinski definition) is 1. The van der Waals surface area contributed by atoms with Crippen LogP contribution >= 0.6 is 0 Å². The van der Waals surface area contributed by atoms with Crippen molar-refractivity contribution in [3.8, 4) is 5.75 Å². The number of nitrogens with zero attached hydrogens (tertiary/aromatic N) is 2. The summed E-state index contributed by atoms with van der Waals surface area (Å²) in [5.41, 5.74) is 6.33. The molecule has 6 heteroatoms. The molecular formula is C12H19N3O3. The van der Waals surface area contributed by atoms with Crippen LogP contribution in [0.15, 0.2) is 18.2 Å². The molecule has 0 aliphatic rings. The quantitative estimate of drug-likeness (QED) is 0.586. The van der Waals surface area contributed by atoms with Gasteiger partial charge in [-0.05, 0) is 38.2 Å². The standard InChI is InChI=1S/C12H19N3O3/c1-14(7-3-6-13)9-10-4-5-12(18-2)11(8-10)15(16)17/h4-5,8H,3,6-7,9,13H2,1-2H3. The minimum absolute atomic E-state index is 0.00206. The van der Waals surface area contributed by atoms with E-state index in [-0.39, 0.29) is 11.4 Å². The largest absolute Gasteiger partial charge is 0.490 e. The zero-order valence-electron chi connectivity index (χ0n) is 10.8. The van der Waals surface area contributed by atoms with Crippen molar-refractivity contribution in [2.24, 2.45) is 5.73 Å². The Hall–Kier alpha value is -1.66. The number of nitrogens with two attached hydrogens (primary N) is 1.